The van der Waals surface area contributed by atoms with Gasteiger partial charge in [-0.2, -0.15) is 0 Å². The molecule has 4 heteroatoms. The number of hydrogen-bond donors (Lipinski definition) is 1. The Labute approximate surface area is 110 Å². The molecule has 18 heavy (non-hydrogen) atoms. The lowest BCUT2D eigenvalue weighted by Crippen LogP contribution is -2.10. The number of hydrogen-bond acceptors (Lipinski definition) is 4. The molecular weight excluding hydrogens is 226 g/mol. The number of ether oxygens (including phenoxy) is 1. The van der Waals surface area contributed by atoms with E-state index in [0.29, 0.717) is 5.92 Å². The highest BCUT2D eigenvalue weighted by Crippen LogP contribution is 2.29. The zero-order valence-electron chi connectivity index (χ0n) is 12.0. The van der Waals surface area contributed by atoms with Crippen LogP contribution >= 0.6 is 0 Å². The lowest BCUT2D eigenvalue weighted by Gasteiger charge is -2.16. The molecule has 0 fully saturated rings. The van der Waals surface area contributed by atoms with Crippen LogP contribution in [0.5, 0.6) is 5.88 Å². The Balaban J connectivity index is 2.87. The van der Waals surface area contributed by atoms with Gasteiger partial charge in [0.1, 0.15) is 12.1 Å². The third-order valence-corrected chi connectivity index (χ3v) is 2.70. The van der Waals surface area contributed by atoms with Gasteiger partial charge in [0.15, 0.2) is 0 Å². The minimum absolute atomic E-state index is 0.349. The topological polar surface area (TPSA) is 47.0 Å². The van der Waals surface area contributed by atoms with E-state index in [1.807, 2.05) is 0 Å². The fourth-order valence-electron chi connectivity index (χ4n) is 1.71. The van der Waals surface area contributed by atoms with Crippen LogP contribution in [0.2, 0.25) is 0 Å². The van der Waals surface area contributed by atoms with Gasteiger partial charge in [-0.3, -0.25) is 0 Å². The van der Waals surface area contributed by atoms with Gasteiger partial charge >= 0.3 is 0 Å². The summed E-state index contributed by atoms with van der Waals surface area (Å²) in [5.41, 5.74) is 1.09. The summed E-state index contributed by atoms with van der Waals surface area (Å²) in [5, 5.41) is 3.34. The molecule has 1 N–H and O–H groups in total. The van der Waals surface area contributed by atoms with Gasteiger partial charge in [-0.05, 0) is 18.8 Å². The standard InChI is InChI=1S/C14H25N3O/c1-5-7-9-18-14-12(11(3)4)13(15-8-6-2)16-10-17-14/h10-11H,5-9H2,1-4H3,(H,15,16,17). The molecule has 0 saturated heterocycles. The average molecular weight is 251 g/mol. The molecule has 0 aromatic carbocycles. The maximum atomic E-state index is 5.77. The Morgan fingerprint density at radius 2 is 2.00 bits per heavy atom. The third kappa shape index (κ3) is 4.17. The molecular formula is C14H25N3O. The van der Waals surface area contributed by atoms with E-state index in [2.05, 4.69) is 43.0 Å². The van der Waals surface area contributed by atoms with Gasteiger partial charge in [0, 0.05) is 6.54 Å². The molecule has 0 spiro atoms. The van der Waals surface area contributed by atoms with Crippen LogP contribution in [-0.4, -0.2) is 23.1 Å². The van der Waals surface area contributed by atoms with Crippen molar-refractivity contribution in [3.8, 4) is 5.88 Å². The molecule has 0 aliphatic rings. The number of nitrogens with zero attached hydrogens (tertiary/aromatic N) is 2. The number of anilines is 1. The predicted octanol–water partition coefficient (Wildman–Crippen LogP) is 3.60. The highest BCUT2D eigenvalue weighted by molar-refractivity contribution is 5.50. The Morgan fingerprint density at radius 3 is 2.61 bits per heavy atom. The predicted molar refractivity (Wildman–Crippen MR) is 75.3 cm³/mol. The number of unbranched alkanes of at least 4 members (excludes halogenated alkanes) is 1. The van der Waals surface area contributed by atoms with Crippen LogP contribution < -0.4 is 10.1 Å². The summed E-state index contributed by atoms with van der Waals surface area (Å²) in [7, 11) is 0. The summed E-state index contributed by atoms with van der Waals surface area (Å²) in [6.45, 7) is 10.2. The maximum absolute atomic E-state index is 5.77. The lowest BCUT2D eigenvalue weighted by molar-refractivity contribution is 0.293. The molecule has 4 nitrogen and oxygen atoms in total. The summed E-state index contributed by atoms with van der Waals surface area (Å²) in [4.78, 5) is 8.59. The van der Waals surface area contributed by atoms with Gasteiger partial charge in [-0.25, -0.2) is 9.97 Å². The molecule has 0 saturated carbocycles. The molecule has 0 atom stereocenters. The first-order valence-corrected chi connectivity index (χ1v) is 6.92. The molecule has 102 valence electrons. The number of aromatic nitrogens is 2. The highest BCUT2D eigenvalue weighted by Gasteiger charge is 2.15. The van der Waals surface area contributed by atoms with E-state index in [4.69, 9.17) is 4.74 Å². The molecule has 0 unspecified atom stereocenters. The largest absolute Gasteiger partial charge is 0.477 e. The second-order valence-electron chi connectivity index (χ2n) is 4.72. The summed E-state index contributed by atoms with van der Waals surface area (Å²) < 4.78 is 5.77. The van der Waals surface area contributed by atoms with Crippen LogP contribution in [0.25, 0.3) is 0 Å². The summed E-state index contributed by atoms with van der Waals surface area (Å²) in [6, 6.07) is 0. The van der Waals surface area contributed by atoms with E-state index in [0.717, 1.165) is 49.7 Å². The van der Waals surface area contributed by atoms with E-state index in [-0.39, 0.29) is 0 Å². The van der Waals surface area contributed by atoms with Crippen molar-refractivity contribution in [3.05, 3.63) is 11.9 Å². The van der Waals surface area contributed by atoms with Gasteiger partial charge < -0.3 is 10.1 Å². The molecule has 0 aliphatic heterocycles. The van der Waals surface area contributed by atoms with Crippen LogP contribution in [0.3, 0.4) is 0 Å². The van der Waals surface area contributed by atoms with Gasteiger partial charge in [-0.1, -0.05) is 34.1 Å². The monoisotopic (exact) mass is 251 g/mol. The molecule has 1 heterocycles. The van der Waals surface area contributed by atoms with Crippen molar-refractivity contribution in [3.63, 3.8) is 0 Å². The van der Waals surface area contributed by atoms with Crippen LogP contribution in [0.15, 0.2) is 6.33 Å². The summed E-state index contributed by atoms with van der Waals surface area (Å²) in [5.74, 6) is 1.99. The van der Waals surface area contributed by atoms with Crippen molar-refractivity contribution in [2.75, 3.05) is 18.5 Å². The van der Waals surface area contributed by atoms with Crippen molar-refractivity contribution in [1.82, 2.24) is 9.97 Å². The smallest absolute Gasteiger partial charge is 0.222 e. The zero-order chi connectivity index (χ0) is 13.4. The van der Waals surface area contributed by atoms with E-state index >= 15 is 0 Å². The van der Waals surface area contributed by atoms with Gasteiger partial charge in [0.05, 0.1) is 12.2 Å². The van der Waals surface area contributed by atoms with E-state index in [1.165, 1.54) is 0 Å². The lowest BCUT2D eigenvalue weighted by atomic mass is 10.1. The van der Waals surface area contributed by atoms with Gasteiger partial charge in [0.25, 0.3) is 0 Å². The molecule has 0 amide bonds. The fraction of sp³-hybridized carbons (Fsp3) is 0.714. The fourth-order valence-corrected chi connectivity index (χ4v) is 1.71. The Morgan fingerprint density at radius 1 is 1.22 bits per heavy atom. The first-order chi connectivity index (χ1) is 8.70. The number of rotatable bonds is 8. The van der Waals surface area contributed by atoms with Crippen LogP contribution in [0.1, 0.15) is 58.4 Å². The Bertz CT molecular complexity index is 353. The first-order valence-electron chi connectivity index (χ1n) is 6.92. The van der Waals surface area contributed by atoms with Crippen molar-refractivity contribution in [1.29, 1.82) is 0 Å². The molecule has 1 rings (SSSR count). The van der Waals surface area contributed by atoms with Crippen molar-refractivity contribution < 1.29 is 4.74 Å². The molecule has 1 aromatic heterocycles. The minimum atomic E-state index is 0.349. The normalized spacial score (nSPS) is 10.7. The molecule has 0 aliphatic carbocycles. The quantitative estimate of drug-likeness (QED) is 0.717. The van der Waals surface area contributed by atoms with E-state index in [1.54, 1.807) is 6.33 Å². The van der Waals surface area contributed by atoms with Crippen molar-refractivity contribution in [2.45, 2.75) is 52.9 Å². The average Bonchev–Trinajstić information content (AvgIpc) is 2.36. The molecule has 0 bridgehead atoms. The second-order valence-corrected chi connectivity index (χ2v) is 4.72. The van der Waals surface area contributed by atoms with Crippen LogP contribution in [-0.2, 0) is 0 Å². The van der Waals surface area contributed by atoms with Gasteiger partial charge in [0.2, 0.25) is 5.88 Å². The summed E-state index contributed by atoms with van der Waals surface area (Å²) in [6.07, 6.45) is 4.83. The maximum Gasteiger partial charge on any atom is 0.222 e. The number of nitrogens with one attached hydrogen (secondary N) is 1. The Kier molecular flexibility index (Phi) is 6.47. The van der Waals surface area contributed by atoms with Gasteiger partial charge in [-0.15, -0.1) is 0 Å². The van der Waals surface area contributed by atoms with Crippen LogP contribution in [0, 0.1) is 0 Å². The van der Waals surface area contributed by atoms with Crippen LogP contribution in [0.4, 0.5) is 5.82 Å². The SMILES string of the molecule is CCCCOc1ncnc(NCCC)c1C(C)C. The van der Waals surface area contributed by atoms with Crippen molar-refractivity contribution >= 4 is 5.82 Å². The van der Waals surface area contributed by atoms with E-state index in [9.17, 15) is 0 Å². The summed E-state index contributed by atoms with van der Waals surface area (Å²) >= 11 is 0. The molecule has 0 radical (unpaired) electrons. The Hall–Kier alpha value is -1.32. The second kappa shape index (κ2) is 7.90. The first kappa shape index (κ1) is 14.7. The minimum Gasteiger partial charge on any atom is -0.477 e. The van der Waals surface area contributed by atoms with Crippen molar-refractivity contribution in [2.24, 2.45) is 0 Å². The third-order valence-electron chi connectivity index (χ3n) is 2.70. The molecule has 1 aromatic rings. The van der Waals surface area contributed by atoms with E-state index < -0.39 is 0 Å². The highest BCUT2D eigenvalue weighted by atomic mass is 16.5. The zero-order valence-corrected chi connectivity index (χ0v) is 12.0.